The molecular weight excluding hydrogens is 294 g/mol. The number of anilines is 2. The molecule has 2 rings (SSSR count). The summed E-state index contributed by atoms with van der Waals surface area (Å²) in [6.45, 7) is 5.92. The third-order valence-corrected chi connectivity index (χ3v) is 3.63. The molecule has 0 spiro atoms. The Morgan fingerprint density at radius 3 is 2.52 bits per heavy atom. The van der Waals surface area contributed by atoms with E-state index in [9.17, 15) is 14.4 Å². The monoisotopic (exact) mass is 317 g/mol. The minimum absolute atomic E-state index is 0.0627. The van der Waals surface area contributed by atoms with E-state index in [1.807, 2.05) is 12.1 Å². The van der Waals surface area contributed by atoms with Crippen LogP contribution in [0, 0.1) is 5.41 Å². The lowest BCUT2D eigenvalue weighted by molar-refractivity contribution is -0.130. The zero-order chi connectivity index (χ0) is 17.0. The van der Waals surface area contributed by atoms with E-state index in [1.54, 1.807) is 37.8 Å². The van der Waals surface area contributed by atoms with Crippen molar-refractivity contribution < 1.29 is 14.4 Å². The summed E-state index contributed by atoms with van der Waals surface area (Å²) in [7, 11) is 0. The zero-order valence-electron chi connectivity index (χ0n) is 13.8. The van der Waals surface area contributed by atoms with Gasteiger partial charge in [0.15, 0.2) is 0 Å². The van der Waals surface area contributed by atoms with Crippen molar-refractivity contribution in [3.05, 3.63) is 24.3 Å². The number of para-hydroxylation sites is 2. The highest BCUT2D eigenvalue weighted by Gasteiger charge is 2.25. The average Bonchev–Trinajstić information content (AvgIpc) is 2.90. The van der Waals surface area contributed by atoms with Crippen molar-refractivity contribution >= 4 is 29.1 Å². The van der Waals surface area contributed by atoms with Crippen LogP contribution in [0.3, 0.4) is 0 Å². The SMILES string of the molecule is CC(C)(C)C(=O)NCC(=O)Nc1ccccc1N1CCCC1=O. The molecule has 0 aliphatic carbocycles. The second-order valence-electron chi connectivity index (χ2n) is 6.65. The normalized spacial score (nSPS) is 14.7. The fourth-order valence-corrected chi connectivity index (χ4v) is 2.34. The maximum absolute atomic E-state index is 12.1. The van der Waals surface area contributed by atoms with Crippen molar-refractivity contribution in [3.63, 3.8) is 0 Å². The van der Waals surface area contributed by atoms with E-state index < -0.39 is 5.41 Å². The third kappa shape index (κ3) is 4.31. The number of carbonyl (C=O) groups is 3. The van der Waals surface area contributed by atoms with Crippen molar-refractivity contribution in [1.29, 1.82) is 0 Å². The van der Waals surface area contributed by atoms with Gasteiger partial charge in [-0.25, -0.2) is 0 Å². The van der Waals surface area contributed by atoms with Crippen LogP contribution in [0.2, 0.25) is 0 Å². The fourth-order valence-electron chi connectivity index (χ4n) is 2.34. The molecule has 0 bridgehead atoms. The van der Waals surface area contributed by atoms with Crippen LogP contribution in [0.5, 0.6) is 0 Å². The van der Waals surface area contributed by atoms with Crippen LogP contribution in [0.1, 0.15) is 33.6 Å². The van der Waals surface area contributed by atoms with Crippen LogP contribution in [0.15, 0.2) is 24.3 Å². The number of nitrogens with one attached hydrogen (secondary N) is 2. The third-order valence-electron chi connectivity index (χ3n) is 3.63. The number of hydrogen-bond acceptors (Lipinski definition) is 3. The standard InChI is InChI=1S/C17H23N3O3/c1-17(2,3)16(23)18-11-14(21)19-12-7-4-5-8-13(12)20-10-6-9-15(20)22/h4-5,7-8H,6,9-11H2,1-3H3,(H,18,23)(H,19,21). The Morgan fingerprint density at radius 1 is 1.22 bits per heavy atom. The lowest BCUT2D eigenvalue weighted by Crippen LogP contribution is -2.39. The summed E-state index contributed by atoms with van der Waals surface area (Å²) < 4.78 is 0. The van der Waals surface area contributed by atoms with Crippen molar-refractivity contribution in [2.24, 2.45) is 5.41 Å². The summed E-state index contributed by atoms with van der Waals surface area (Å²) in [6, 6.07) is 7.20. The molecule has 0 unspecified atom stereocenters. The zero-order valence-corrected chi connectivity index (χ0v) is 13.8. The van der Waals surface area contributed by atoms with E-state index in [1.165, 1.54) is 0 Å². The average molecular weight is 317 g/mol. The smallest absolute Gasteiger partial charge is 0.243 e. The van der Waals surface area contributed by atoms with Crippen molar-refractivity contribution in [1.82, 2.24) is 5.32 Å². The van der Waals surface area contributed by atoms with E-state index in [0.717, 1.165) is 6.42 Å². The van der Waals surface area contributed by atoms with Gasteiger partial charge in [0.25, 0.3) is 0 Å². The van der Waals surface area contributed by atoms with Crippen LogP contribution in [0.25, 0.3) is 0 Å². The van der Waals surface area contributed by atoms with E-state index in [-0.39, 0.29) is 24.3 Å². The molecule has 1 aliphatic rings. The van der Waals surface area contributed by atoms with E-state index >= 15 is 0 Å². The van der Waals surface area contributed by atoms with Crippen LogP contribution >= 0.6 is 0 Å². The molecule has 0 saturated carbocycles. The predicted octanol–water partition coefficient (Wildman–Crippen LogP) is 1.91. The minimum Gasteiger partial charge on any atom is -0.347 e. The van der Waals surface area contributed by atoms with Gasteiger partial charge >= 0.3 is 0 Å². The number of nitrogens with zero attached hydrogens (tertiary/aromatic N) is 1. The number of amides is 3. The molecule has 1 saturated heterocycles. The number of benzene rings is 1. The lowest BCUT2D eigenvalue weighted by Gasteiger charge is -2.20. The number of rotatable bonds is 4. The quantitative estimate of drug-likeness (QED) is 0.890. The molecule has 0 aromatic heterocycles. The van der Waals surface area contributed by atoms with Crippen LogP contribution in [-0.4, -0.2) is 30.8 Å². The molecule has 0 atom stereocenters. The summed E-state index contributed by atoms with van der Waals surface area (Å²) in [4.78, 5) is 37.4. The van der Waals surface area contributed by atoms with Gasteiger partial charge in [0.1, 0.15) is 0 Å². The Morgan fingerprint density at radius 2 is 1.91 bits per heavy atom. The van der Waals surface area contributed by atoms with Gasteiger partial charge in [-0.05, 0) is 18.6 Å². The van der Waals surface area contributed by atoms with Gasteiger partial charge < -0.3 is 15.5 Å². The molecular formula is C17H23N3O3. The predicted molar refractivity (Wildman–Crippen MR) is 89.1 cm³/mol. The molecule has 6 heteroatoms. The van der Waals surface area contributed by atoms with Gasteiger partial charge in [-0.2, -0.15) is 0 Å². The Kier molecular flexibility index (Phi) is 5.03. The lowest BCUT2D eigenvalue weighted by atomic mass is 9.96. The maximum atomic E-state index is 12.1. The fraction of sp³-hybridized carbons (Fsp3) is 0.471. The molecule has 1 aliphatic heterocycles. The first-order chi connectivity index (χ1) is 10.8. The summed E-state index contributed by atoms with van der Waals surface area (Å²) >= 11 is 0. The molecule has 124 valence electrons. The van der Waals surface area contributed by atoms with Gasteiger partial charge in [-0.15, -0.1) is 0 Å². The molecule has 6 nitrogen and oxygen atoms in total. The first-order valence-electron chi connectivity index (χ1n) is 7.76. The largest absolute Gasteiger partial charge is 0.347 e. The Labute approximate surface area is 136 Å². The second kappa shape index (κ2) is 6.81. The summed E-state index contributed by atoms with van der Waals surface area (Å²) in [5.41, 5.74) is 0.739. The van der Waals surface area contributed by atoms with Crippen LogP contribution in [0.4, 0.5) is 11.4 Å². The Hall–Kier alpha value is -2.37. The van der Waals surface area contributed by atoms with E-state index in [0.29, 0.717) is 24.3 Å². The van der Waals surface area contributed by atoms with E-state index in [4.69, 9.17) is 0 Å². The highest BCUT2D eigenvalue weighted by atomic mass is 16.2. The van der Waals surface area contributed by atoms with Gasteiger partial charge in [0, 0.05) is 18.4 Å². The summed E-state index contributed by atoms with van der Waals surface area (Å²) in [6.07, 6.45) is 1.35. The Bertz CT molecular complexity index is 620. The number of carbonyl (C=O) groups excluding carboxylic acids is 3. The van der Waals surface area contributed by atoms with Crippen molar-refractivity contribution in [2.75, 3.05) is 23.3 Å². The molecule has 23 heavy (non-hydrogen) atoms. The highest BCUT2D eigenvalue weighted by molar-refractivity contribution is 6.03. The minimum atomic E-state index is -0.542. The molecule has 2 N–H and O–H groups in total. The van der Waals surface area contributed by atoms with Crippen LogP contribution < -0.4 is 15.5 Å². The molecule has 1 fully saturated rings. The first kappa shape index (κ1) is 17.0. The van der Waals surface area contributed by atoms with Crippen LogP contribution in [-0.2, 0) is 14.4 Å². The van der Waals surface area contributed by atoms with Gasteiger partial charge in [0.2, 0.25) is 17.7 Å². The molecule has 3 amide bonds. The van der Waals surface area contributed by atoms with Gasteiger partial charge in [0.05, 0.1) is 17.9 Å². The highest BCUT2D eigenvalue weighted by Crippen LogP contribution is 2.29. The topological polar surface area (TPSA) is 78.5 Å². The van der Waals surface area contributed by atoms with E-state index in [2.05, 4.69) is 10.6 Å². The summed E-state index contributed by atoms with van der Waals surface area (Å²) in [5, 5.41) is 5.38. The molecule has 1 aromatic rings. The van der Waals surface area contributed by atoms with Gasteiger partial charge in [-0.3, -0.25) is 14.4 Å². The maximum Gasteiger partial charge on any atom is 0.243 e. The second-order valence-corrected chi connectivity index (χ2v) is 6.65. The number of hydrogen-bond donors (Lipinski definition) is 2. The molecule has 1 aromatic carbocycles. The van der Waals surface area contributed by atoms with Crippen molar-refractivity contribution in [3.8, 4) is 0 Å². The van der Waals surface area contributed by atoms with Gasteiger partial charge in [-0.1, -0.05) is 32.9 Å². The summed E-state index contributed by atoms with van der Waals surface area (Å²) in [5.74, 6) is -0.440. The Balaban J connectivity index is 2.01. The van der Waals surface area contributed by atoms with Crippen molar-refractivity contribution in [2.45, 2.75) is 33.6 Å². The first-order valence-corrected chi connectivity index (χ1v) is 7.76. The molecule has 1 heterocycles. The molecule has 0 radical (unpaired) electrons.